The van der Waals surface area contributed by atoms with Gasteiger partial charge in [-0.05, 0) is 19.9 Å². The van der Waals surface area contributed by atoms with Crippen LogP contribution >= 0.6 is 11.3 Å². The van der Waals surface area contributed by atoms with Crippen LogP contribution in [-0.4, -0.2) is 15.8 Å². The number of nitrogen functional groups attached to an aromatic ring is 1. The first-order valence-electron chi connectivity index (χ1n) is 6.13. The van der Waals surface area contributed by atoms with Gasteiger partial charge in [-0.25, -0.2) is 4.98 Å². The lowest BCUT2D eigenvalue weighted by molar-refractivity contribution is -0.385. The minimum absolute atomic E-state index is 0.0126. The Morgan fingerprint density at radius 3 is 2.76 bits per heavy atom. The van der Waals surface area contributed by atoms with E-state index in [0.29, 0.717) is 21.3 Å². The van der Waals surface area contributed by atoms with Gasteiger partial charge in [0.1, 0.15) is 4.88 Å². The third-order valence-corrected chi connectivity index (χ3v) is 3.88. The summed E-state index contributed by atoms with van der Waals surface area (Å²) in [7, 11) is 0. The Balaban J connectivity index is 2.16. The van der Waals surface area contributed by atoms with E-state index < -0.39 is 4.92 Å². The minimum atomic E-state index is -0.461. The highest BCUT2D eigenvalue weighted by Crippen LogP contribution is 2.21. The van der Waals surface area contributed by atoms with Crippen LogP contribution < -0.4 is 11.1 Å². The van der Waals surface area contributed by atoms with E-state index >= 15 is 0 Å². The molecule has 1 aromatic carbocycles. The number of aryl methyl sites for hydroxylation is 2. The molecule has 7 nitrogen and oxygen atoms in total. The molecule has 1 amide bonds. The standard InChI is InChI=1S/C13H14N4O3S/c1-7-3-4-10(17(19)20)9(5-7)6-15-12(18)11-8(2)16-13(14)21-11/h3-5H,6H2,1-2H3,(H2,14,16)(H,15,18). The number of nitro benzene ring substituents is 1. The zero-order valence-corrected chi connectivity index (χ0v) is 12.4. The Labute approximate surface area is 125 Å². The van der Waals surface area contributed by atoms with Crippen LogP contribution in [0.25, 0.3) is 0 Å². The SMILES string of the molecule is Cc1ccc([N+](=O)[O-])c(CNC(=O)c2sc(N)nc2C)c1. The summed E-state index contributed by atoms with van der Waals surface area (Å²) >= 11 is 1.09. The lowest BCUT2D eigenvalue weighted by Crippen LogP contribution is -2.23. The first-order valence-corrected chi connectivity index (χ1v) is 6.95. The molecular weight excluding hydrogens is 292 g/mol. The molecule has 0 spiro atoms. The largest absolute Gasteiger partial charge is 0.375 e. The van der Waals surface area contributed by atoms with Crippen molar-refractivity contribution in [2.45, 2.75) is 20.4 Å². The molecule has 0 saturated heterocycles. The van der Waals surface area contributed by atoms with E-state index in [2.05, 4.69) is 10.3 Å². The van der Waals surface area contributed by atoms with Gasteiger partial charge in [-0.15, -0.1) is 0 Å². The van der Waals surface area contributed by atoms with Crippen LogP contribution in [-0.2, 0) is 6.54 Å². The van der Waals surface area contributed by atoms with Gasteiger partial charge in [0, 0.05) is 18.2 Å². The quantitative estimate of drug-likeness (QED) is 0.664. The number of thiazole rings is 1. The van der Waals surface area contributed by atoms with Crippen molar-refractivity contribution in [2.24, 2.45) is 0 Å². The average Bonchev–Trinajstić information content (AvgIpc) is 2.74. The molecule has 3 N–H and O–H groups in total. The normalized spacial score (nSPS) is 10.4. The topological polar surface area (TPSA) is 111 Å². The van der Waals surface area contributed by atoms with Gasteiger partial charge in [-0.1, -0.05) is 23.0 Å². The molecule has 1 heterocycles. The van der Waals surface area contributed by atoms with Crippen LogP contribution in [0.5, 0.6) is 0 Å². The Morgan fingerprint density at radius 2 is 2.19 bits per heavy atom. The molecule has 1 aromatic heterocycles. The van der Waals surface area contributed by atoms with Crippen molar-refractivity contribution in [1.29, 1.82) is 0 Å². The van der Waals surface area contributed by atoms with E-state index in [1.54, 1.807) is 19.1 Å². The highest BCUT2D eigenvalue weighted by molar-refractivity contribution is 7.17. The van der Waals surface area contributed by atoms with Crippen LogP contribution in [0.15, 0.2) is 18.2 Å². The number of hydrogen-bond donors (Lipinski definition) is 2. The van der Waals surface area contributed by atoms with E-state index in [4.69, 9.17) is 5.73 Å². The van der Waals surface area contributed by atoms with Crippen molar-refractivity contribution in [3.05, 3.63) is 50.0 Å². The molecule has 0 aliphatic carbocycles. The Hall–Kier alpha value is -2.48. The number of rotatable bonds is 4. The smallest absolute Gasteiger partial charge is 0.274 e. The summed E-state index contributed by atoms with van der Waals surface area (Å²) in [5, 5.41) is 14.0. The molecule has 0 unspecified atom stereocenters. The number of amides is 1. The third-order valence-electron chi connectivity index (χ3n) is 2.89. The van der Waals surface area contributed by atoms with E-state index in [9.17, 15) is 14.9 Å². The molecule has 0 saturated carbocycles. The Morgan fingerprint density at radius 1 is 1.48 bits per heavy atom. The molecule has 0 fully saturated rings. The molecule has 0 radical (unpaired) electrons. The zero-order chi connectivity index (χ0) is 15.6. The van der Waals surface area contributed by atoms with Gasteiger partial charge in [0.25, 0.3) is 11.6 Å². The fourth-order valence-corrected chi connectivity index (χ4v) is 2.67. The number of nitrogens with one attached hydrogen (secondary N) is 1. The number of anilines is 1. The van der Waals surface area contributed by atoms with E-state index in [1.165, 1.54) is 6.07 Å². The van der Waals surface area contributed by atoms with Crippen molar-refractivity contribution >= 4 is 28.1 Å². The molecular formula is C13H14N4O3S. The highest BCUT2D eigenvalue weighted by atomic mass is 32.1. The van der Waals surface area contributed by atoms with Crippen molar-refractivity contribution in [3.63, 3.8) is 0 Å². The summed E-state index contributed by atoms with van der Waals surface area (Å²) in [6, 6.07) is 4.79. The molecule has 8 heteroatoms. The van der Waals surface area contributed by atoms with Crippen molar-refractivity contribution in [2.75, 3.05) is 5.73 Å². The summed E-state index contributed by atoms with van der Waals surface area (Å²) < 4.78 is 0. The lowest BCUT2D eigenvalue weighted by atomic mass is 10.1. The summed E-state index contributed by atoms with van der Waals surface area (Å²) in [6.45, 7) is 3.61. The van der Waals surface area contributed by atoms with Crippen LogP contribution in [0.3, 0.4) is 0 Å². The second kappa shape index (κ2) is 5.88. The average molecular weight is 306 g/mol. The van der Waals surface area contributed by atoms with Gasteiger partial charge in [0.2, 0.25) is 0 Å². The van der Waals surface area contributed by atoms with Crippen LogP contribution in [0.1, 0.15) is 26.5 Å². The van der Waals surface area contributed by atoms with E-state index in [1.807, 2.05) is 6.92 Å². The second-order valence-electron chi connectivity index (χ2n) is 4.54. The predicted octanol–water partition coefficient (Wildman–Crippen LogP) is 2.18. The molecule has 2 rings (SSSR count). The number of hydrogen-bond acceptors (Lipinski definition) is 6. The molecule has 0 bridgehead atoms. The van der Waals surface area contributed by atoms with Gasteiger partial charge in [0.05, 0.1) is 10.6 Å². The summed E-state index contributed by atoms with van der Waals surface area (Å²) in [6.07, 6.45) is 0. The summed E-state index contributed by atoms with van der Waals surface area (Å²) in [4.78, 5) is 27.0. The van der Waals surface area contributed by atoms with E-state index in [0.717, 1.165) is 16.9 Å². The maximum absolute atomic E-state index is 12.1. The molecule has 0 aliphatic rings. The lowest BCUT2D eigenvalue weighted by Gasteiger charge is -2.06. The van der Waals surface area contributed by atoms with Crippen LogP contribution in [0.4, 0.5) is 10.8 Å². The highest BCUT2D eigenvalue weighted by Gasteiger charge is 2.17. The number of nitro groups is 1. The molecule has 0 atom stereocenters. The fourth-order valence-electron chi connectivity index (χ4n) is 1.92. The number of nitrogens with zero attached hydrogens (tertiary/aromatic N) is 2. The number of carbonyl (C=O) groups is 1. The summed E-state index contributed by atoms with van der Waals surface area (Å²) in [5.41, 5.74) is 7.44. The third kappa shape index (κ3) is 3.34. The van der Waals surface area contributed by atoms with Gasteiger partial charge < -0.3 is 11.1 Å². The number of nitrogens with two attached hydrogens (primary N) is 1. The second-order valence-corrected chi connectivity index (χ2v) is 5.57. The molecule has 21 heavy (non-hydrogen) atoms. The van der Waals surface area contributed by atoms with Crippen molar-refractivity contribution in [1.82, 2.24) is 10.3 Å². The number of aromatic nitrogens is 1. The fraction of sp³-hybridized carbons (Fsp3) is 0.231. The molecule has 0 aliphatic heterocycles. The first kappa shape index (κ1) is 14.9. The Kier molecular flexibility index (Phi) is 4.18. The van der Waals surface area contributed by atoms with E-state index in [-0.39, 0.29) is 18.1 Å². The predicted molar refractivity (Wildman–Crippen MR) is 80.3 cm³/mol. The van der Waals surface area contributed by atoms with Crippen molar-refractivity contribution < 1.29 is 9.72 Å². The van der Waals surface area contributed by atoms with Crippen LogP contribution in [0, 0.1) is 24.0 Å². The maximum Gasteiger partial charge on any atom is 0.274 e. The maximum atomic E-state index is 12.1. The van der Waals surface area contributed by atoms with Gasteiger partial charge in [-0.2, -0.15) is 0 Å². The van der Waals surface area contributed by atoms with Gasteiger partial charge in [0.15, 0.2) is 5.13 Å². The van der Waals surface area contributed by atoms with Crippen molar-refractivity contribution in [3.8, 4) is 0 Å². The van der Waals surface area contributed by atoms with Gasteiger partial charge in [-0.3, -0.25) is 14.9 Å². The number of benzene rings is 1. The first-order chi connectivity index (χ1) is 9.88. The Bertz CT molecular complexity index is 711. The molecule has 110 valence electrons. The zero-order valence-electron chi connectivity index (χ0n) is 11.5. The molecule has 2 aromatic rings. The van der Waals surface area contributed by atoms with Crippen LogP contribution in [0.2, 0.25) is 0 Å². The van der Waals surface area contributed by atoms with Gasteiger partial charge >= 0.3 is 0 Å². The number of carbonyl (C=O) groups excluding carboxylic acids is 1. The summed E-state index contributed by atoms with van der Waals surface area (Å²) in [5.74, 6) is -0.336. The minimum Gasteiger partial charge on any atom is -0.375 e. The monoisotopic (exact) mass is 306 g/mol.